The van der Waals surface area contributed by atoms with E-state index >= 15 is 0 Å². The predicted octanol–water partition coefficient (Wildman–Crippen LogP) is 2.13. The molecule has 9 nitrogen and oxygen atoms in total. The molecule has 2 fully saturated rings. The zero-order valence-electron chi connectivity index (χ0n) is 15.5. The van der Waals surface area contributed by atoms with Gasteiger partial charge in [0, 0.05) is 12.5 Å². The molecule has 4 rings (SSSR count). The monoisotopic (exact) mass is 455 g/mol. The average molecular weight is 456 g/mol. The number of amides is 1. The number of ether oxygens (including phenoxy) is 2. The molecule has 0 spiro atoms. The molecule has 4 heterocycles. The Morgan fingerprint density at radius 3 is 3.17 bits per heavy atom. The number of halogens is 1. The molecule has 3 atom stereocenters. The van der Waals surface area contributed by atoms with Gasteiger partial charge in [-0.3, -0.25) is 10.2 Å². The van der Waals surface area contributed by atoms with Gasteiger partial charge in [-0.05, 0) is 12.1 Å². The van der Waals surface area contributed by atoms with E-state index in [4.69, 9.17) is 26.5 Å². The van der Waals surface area contributed by atoms with Crippen LogP contribution < -0.4 is 15.4 Å². The lowest BCUT2D eigenvalue weighted by Gasteiger charge is -2.42. The Kier molecular flexibility index (Phi) is 5.34. The van der Waals surface area contributed by atoms with Crippen molar-refractivity contribution < 1.29 is 18.8 Å². The van der Waals surface area contributed by atoms with Crippen molar-refractivity contribution in [2.24, 2.45) is 0 Å². The van der Waals surface area contributed by atoms with E-state index < -0.39 is 22.3 Å². The Balaban J connectivity index is 1.63. The van der Waals surface area contributed by atoms with Gasteiger partial charge in [0.15, 0.2) is 5.54 Å². The Labute approximate surface area is 179 Å². The van der Waals surface area contributed by atoms with Gasteiger partial charge in [-0.1, -0.05) is 17.7 Å². The highest BCUT2D eigenvalue weighted by molar-refractivity contribution is 7.90. The fourth-order valence-corrected chi connectivity index (χ4v) is 6.34. The zero-order chi connectivity index (χ0) is 20.8. The molecule has 0 saturated carbocycles. The zero-order valence-corrected chi connectivity index (χ0v) is 17.9. The second-order valence-electron chi connectivity index (χ2n) is 6.48. The van der Waals surface area contributed by atoms with Crippen molar-refractivity contribution >= 4 is 52.0 Å². The highest BCUT2D eigenvalue weighted by Gasteiger charge is 2.60. The van der Waals surface area contributed by atoms with Crippen LogP contribution in [-0.2, 0) is 21.6 Å². The lowest BCUT2D eigenvalue weighted by molar-refractivity contribution is 0.103. The number of guanidine groups is 1. The van der Waals surface area contributed by atoms with Crippen molar-refractivity contribution in [2.45, 2.75) is 17.4 Å². The number of thiophene rings is 1. The minimum atomic E-state index is -1.56. The SMILES string of the molecule is COc1cccc(NC(=O)c2cc(Cl)c(C34CCOC3[S+]([O-])N(C)C(=N)N4)s2)n1. The van der Waals surface area contributed by atoms with Crippen LogP contribution in [0.4, 0.5) is 5.82 Å². The van der Waals surface area contributed by atoms with Crippen molar-refractivity contribution in [1.29, 1.82) is 5.41 Å². The number of nitrogens with zero attached hydrogens (tertiary/aromatic N) is 2. The van der Waals surface area contributed by atoms with Gasteiger partial charge in [0.2, 0.25) is 11.8 Å². The first-order valence-electron chi connectivity index (χ1n) is 8.60. The van der Waals surface area contributed by atoms with E-state index in [0.717, 1.165) is 0 Å². The van der Waals surface area contributed by atoms with Gasteiger partial charge in [0.05, 0.1) is 35.5 Å². The number of hydrogen-bond acceptors (Lipinski definition) is 7. The highest BCUT2D eigenvalue weighted by Crippen LogP contribution is 2.47. The Bertz CT molecular complexity index is 973. The number of methoxy groups -OCH3 is 1. The first kappa shape index (κ1) is 20.2. The summed E-state index contributed by atoms with van der Waals surface area (Å²) >= 11 is 6.11. The van der Waals surface area contributed by atoms with Crippen LogP contribution >= 0.6 is 22.9 Å². The summed E-state index contributed by atoms with van der Waals surface area (Å²) in [5.41, 5.74) is -1.61. The van der Waals surface area contributed by atoms with Gasteiger partial charge in [-0.2, -0.15) is 9.29 Å². The number of nitrogens with one attached hydrogen (secondary N) is 3. The first-order valence-corrected chi connectivity index (χ1v) is 11.0. The van der Waals surface area contributed by atoms with E-state index in [-0.39, 0.29) is 11.9 Å². The van der Waals surface area contributed by atoms with Crippen LogP contribution in [0.2, 0.25) is 5.02 Å². The summed E-state index contributed by atoms with van der Waals surface area (Å²) in [7, 11) is 3.06. The molecule has 0 aromatic carbocycles. The topological polar surface area (TPSA) is 123 Å². The molecule has 3 N–H and O–H groups in total. The Morgan fingerprint density at radius 2 is 2.41 bits per heavy atom. The van der Waals surface area contributed by atoms with E-state index in [0.29, 0.717) is 39.5 Å². The van der Waals surface area contributed by atoms with Crippen LogP contribution in [0.3, 0.4) is 0 Å². The van der Waals surface area contributed by atoms with Crippen molar-refractivity contribution in [3.63, 3.8) is 0 Å². The molecule has 2 saturated heterocycles. The summed E-state index contributed by atoms with van der Waals surface area (Å²) in [5, 5.41) is 14.3. The summed E-state index contributed by atoms with van der Waals surface area (Å²) in [5.74, 6) is 0.371. The van der Waals surface area contributed by atoms with Crippen LogP contribution in [0.15, 0.2) is 24.3 Å². The van der Waals surface area contributed by atoms with Crippen molar-refractivity contribution in [1.82, 2.24) is 14.6 Å². The maximum atomic E-state index is 12.7. The standard InChI is InChI=1S/C17H18ClN5O4S2/c1-23-16(19)22-17(6-7-27-15(17)29(23)25)13-9(18)8-10(28-13)14(24)21-11-4-3-5-12(20-11)26-2/h3-5,8,15H,6-7H2,1-2H3,(H2,19,22)(H,20,21,24). The van der Waals surface area contributed by atoms with E-state index in [1.54, 1.807) is 31.3 Å². The van der Waals surface area contributed by atoms with Crippen LogP contribution in [0.1, 0.15) is 21.0 Å². The van der Waals surface area contributed by atoms with Crippen molar-refractivity contribution in [3.8, 4) is 5.88 Å². The molecular formula is C17H18ClN5O4S2. The van der Waals surface area contributed by atoms with E-state index in [2.05, 4.69) is 15.6 Å². The lowest BCUT2D eigenvalue weighted by Crippen LogP contribution is -2.65. The number of anilines is 1. The number of aromatic nitrogens is 1. The normalized spacial score (nSPS) is 26.1. The largest absolute Gasteiger partial charge is 0.591 e. The predicted molar refractivity (Wildman–Crippen MR) is 111 cm³/mol. The highest BCUT2D eigenvalue weighted by atomic mass is 35.5. The molecule has 154 valence electrons. The number of pyridine rings is 1. The van der Waals surface area contributed by atoms with Gasteiger partial charge >= 0.3 is 0 Å². The number of carbonyl (C=O) groups is 1. The molecule has 2 aliphatic rings. The third kappa shape index (κ3) is 3.42. The maximum absolute atomic E-state index is 12.7. The minimum Gasteiger partial charge on any atom is -0.591 e. The smallest absolute Gasteiger partial charge is 0.269 e. The van der Waals surface area contributed by atoms with E-state index in [1.165, 1.54) is 22.8 Å². The van der Waals surface area contributed by atoms with Gasteiger partial charge in [-0.15, -0.1) is 11.3 Å². The second-order valence-corrected chi connectivity index (χ2v) is 9.47. The fourth-order valence-electron chi connectivity index (χ4n) is 3.30. The minimum absolute atomic E-state index is 0.0149. The maximum Gasteiger partial charge on any atom is 0.269 e. The summed E-state index contributed by atoms with van der Waals surface area (Å²) < 4.78 is 24.8. The average Bonchev–Trinajstić information content (AvgIpc) is 3.31. The summed E-state index contributed by atoms with van der Waals surface area (Å²) in [6, 6.07) is 6.61. The van der Waals surface area contributed by atoms with Crippen molar-refractivity contribution in [3.05, 3.63) is 39.0 Å². The molecule has 29 heavy (non-hydrogen) atoms. The third-order valence-electron chi connectivity index (χ3n) is 4.77. The summed E-state index contributed by atoms with van der Waals surface area (Å²) in [6.45, 7) is 0.369. The van der Waals surface area contributed by atoms with Crippen LogP contribution in [-0.4, -0.2) is 51.9 Å². The second kappa shape index (κ2) is 7.65. The molecule has 2 aliphatic heterocycles. The van der Waals surface area contributed by atoms with E-state index in [9.17, 15) is 9.35 Å². The fraction of sp³-hybridized carbons (Fsp3) is 0.353. The lowest BCUT2D eigenvalue weighted by atomic mass is 9.96. The van der Waals surface area contributed by atoms with Gasteiger partial charge in [0.25, 0.3) is 11.3 Å². The molecule has 0 aliphatic carbocycles. The summed E-state index contributed by atoms with van der Waals surface area (Å²) in [4.78, 5) is 17.9. The molecule has 12 heteroatoms. The van der Waals surface area contributed by atoms with Crippen LogP contribution in [0.25, 0.3) is 0 Å². The number of hydrogen-bond donors (Lipinski definition) is 3. The van der Waals surface area contributed by atoms with Crippen molar-refractivity contribution in [2.75, 3.05) is 26.1 Å². The Morgan fingerprint density at radius 1 is 1.62 bits per heavy atom. The summed E-state index contributed by atoms with van der Waals surface area (Å²) in [6.07, 6.45) is 0.484. The van der Waals surface area contributed by atoms with Crippen LogP contribution in [0, 0.1) is 5.41 Å². The van der Waals surface area contributed by atoms with Gasteiger partial charge in [0.1, 0.15) is 17.2 Å². The Hall–Kier alpha value is -2.05. The van der Waals surface area contributed by atoms with Gasteiger partial charge in [-0.25, -0.2) is 0 Å². The van der Waals surface area contributed by atoms with E-state index in [1.807, 2.05) is 0 Å². The number of fused-ring (bicyclic) bond motifs is 1. The quantitative estimate of drug-likeness (QED) is 0.603. The molecule has 0 bridgehead atoms. The molecule has 1 amide bonds. The first-order chi connectivity index (χ1) is 13.9. The molecule has 2 aromatic rings. The number of rotatable bonds is 4. The number of carbonyl (C=O) groups excluding carboxylic acids is 1. The van der Waals surface area contributed by atoms with Gasteiger partial charge < -0.3 is 24.7 Å². The van der Waals surface area contributed by atoms with Crippen LogP contribution in [0.5, 0.6) is 5.88 Å². The molecular weight excluding hydrogens is 438 g/mol. The molecule has 3 unspecified atom stereocenters. The molecule has 0 radical (unpaired) electrons. The third-order valence-corrected chi connectivity index (χ3v) is 8.12. The molecule has 2 aromatic heterocycles.